The van der Waals surface area contributed by atoms with E-state index in [0.717, 1.165) is 30.9 Å². The Morgan fingerprint density at radius 1 is 0.940 bits per heavy atom. The zero-order valence-corrected chi connectivity index (χ0v) is 28.4. The Hall–Kier alpha value is -4.82. The fraction of sp³-hybridized carbons (Fsp3) is 0.286. The smallest absolute Gasteiger partial charge is 0.496 e. The number of carbonyl (C=O) groups excluding carboxylic acids is 2. The zero-order valence-electron chi connectivity index (χ0n) is 26.8. The normalized spacial score (nSPS) is 18.2. The molecule has 1 atom stereocenters. The minimum Gasteiger partial charge on any atom is -0.496 e. The Morgan fingerprint density at radius 2 is 1.62 bits per heavy atom. The highest BCUT2D eigenvalue weighted by atomic mass is 35.5. The molecule has 3 aromatic carbocycles. The topological polar surface area (TPSA) is 115 Å². The van der Waals surface area contributed by atoms with Crippen LogP contribution in [0, 0.1) is 0 Å². The molecule has 0 radical (unpaired) electrons. The molecule has 0 N–H and O–H groups in total. The number of piperidine rings is 1. The number of rotatable bonds is 9. The maximum absolute atomic E-state index is 15.1. The molecule has 1 fully saturated rings. The minimum absolute atomic E-state index is 0.0906. The van der Waals surface area contributed by atoms with Crippen LogP contribution < -0.4 is 18.5 Å². The molecule has 3 heterocycles. The van der Waals surface area contributed by atoms with Gasteiger partial charge in [0.2, 0.25) is 5.91 Å². The van der Waals surface area contributed by atoms with E-state index in [1.165, 1.54) is 25.3 Å². The highest BCUT2D eigenvalue weighted by Crippen LogP contribution is 2.54. The van der Waals surface area contributed by atoms with Gasteiger partial charge < -0.3 is 19.1 Å². The van der Waals surface area contributed by atoms with E-state index in [1.54, 1.807) is 41.6 Å². The van der Waals surface area contributed by atoms with Crippen LogP contribution in [0.25, 0.3) is 0 Å². The van der Waals surface area contributed by atoms with Gasteiger partial charge >= 0.3 is 6.36 Å². The summed E-state index contributed by atoms with van der Waals surface area (Å²) in [5.74, 6) is -2.19. The Bertz CT molecular complexity index is 2040. The number of fused-ring (bicyclic) bond motifs is 1. The first-order valence-corrected chi connectivity index (χ1v) is 17.3. The second-order valence-corrected chi connectivity index (χ2v) is 14.0. The van der Waals surface area contributed by atoms with Gasteiger partial charge in [-0.25, -0.2) is 12.7 Å². The highest BCUT2D eigenvalue weighted by Gasteiger charge is 2.58. The van der Waals surface area contributed by atoms with Crippen LogP contribution >= 0.6 is 11.6 Å². The molecule has 4 aromatic rings. The van der Waals surface area contributed by atoms with E-state index in [0.29, 0.717) is 30.2 Å². The molecular formula is C35H31ClF3N3O7S. The molecule has 0 aliphatic carbocycles. The van der Waals surface area contributed by atoms with E-state index >= 15 is 4.79 Å². The number of amides is 2. The van der Waals surface area contributed by atoms with Crippen molar-refractivity contribution in [3.63, 3.8) is 0 Å². The number of alkyl halides is 3. The lowest BCUT2D eigenvalue weighted by Crippen LogP contribution is -2.48. The van der Waals surface area contributed by atoms with E-state index in [9.17, 15) is 26.4 Å². The van der Waals surface area contributed by atoms with E-state index in [-0.39, 0.29) is 33.5 Å². The zero-order chi connectivity index (χ0) is 35.8. The lowest BCUT2D eigenvalue weighted by atomic mass is 9.72. The van der Waals surface area contributed by atoms with Crippen molar-refractivity contribution in [2.75, 3.05) is 31.6 Å². The molecule has 0 bridgehead atoms. The highest BCUT2D eigenvalue weighted by molar-refractivity contribution is 7.93. The quantitative estimate of drug-likeness (QED) is 0.193. The van der Waals surface area contributed by atoms with Crippen molar-refractivity contribution < 1.29 is 45.4 Å². The number of carbonyl (C=O) groups is 2. The summed E-state index contributed by atoms with van der Waals surface area (Å²) in [4.78, 5) is 34.5. The largest absolute Gasteiger partial charge is 0.573 e. The maximum Gasteiger partial charge on any atom is 0.573 e. The van der Waals surface area contributed by atoms with Crippen LogP contribution in [0.2, 0.25) is 5.02 Å². The molecule has 2 aliphatic heterocycles. The average molecular weight is 730 g/mol. The number of anilines is 1. The van der Waals surface area contributed by atoms with Gasteiger partial charge in [0.05, 0.1) is 19.9 Å². The van der Waals surface area contributed by atoms with Crippen molar-refractivity contribution in [1.29, 1.82) is 0 Å². The molecule has 2 aliphatic rings. The van der Waals surface area contributed by atoms with Crippen LogP contribution in [0.5, 0.6) is 17.2 Å². The van der Waals surface area contributed by atoms with Crippen LogP contribution in [0.3, 0.4) is 0 Å². The van der Waals surface area contributed by atoms with Crippen molar-refractivity contribution in [3.8, 4) is 17.2 Å². The molecule has 1 aromatic heterocycles. The molecule has 50 heavy (non-hydrogen) atoms. The first-order chi connectivity index (χ1) is 23.8. The van der Waals surface area contributed by atoms with Gasteiger partial charge in [-0.15, -0.1) is 13.2 Å². The second kappa shape index (κ2) is 13.5. The number of nitrogens with zero attached hydrogens (tertiary/aromatic N) is 3. The first kappa shape index (κ1) is 35.0. The van der Waals surface area contributed by atoms with Gasteiger partial charge in [0.25, 0.3) is 15.9 Å². The molecule has 1 unspecified atom stereocenters. The third-order valence-electron chi connectivity index (χ3n) is 9.08. The molecule has 262 valence electrons. The van der Waals surface area contributed by atoms with Crippen molar-refractivity contribution in [2.45, 2.75) is 41.9 Å². The summed E-state index contributed by atoms with van der Waals surface area (Å²) in [5, 5.41) is 0.173. The maximum atomic E-state index is 15.1. The molecule has 6 rings (SSSR count). The summed E-state index contributed by atoms with van der Waals surface area (Å²) in [7, 11) is -2.45. The van der Waals surface area contributed by atoms with Gasteiger partial charge in [-0.3, -0.25) is 14.6 Å². The van der Waals surface area contributed by atoms with Gasteiger partial charge in [-0.1, -0.05) is 29.8 Å². The summed E-state index contributed by atoms with van der Waals surface area (Å²) in [6.45, 7) is 0.798. The molecule has 2 amide bonds. The first-order valence-electron chi connectivity index (χ1n) is 15.4. The summed E-state index contributed by atoms with van der Waals surface area (Å²) in [5.41, 5.74) is -0.548. The van der Waals surface area contributed by atoms with Crippen LogP contribution in [-0.2, 0) is 25.0 Å². The molecule has 0 saturated carbocycles. The van der Waals surface area contributed by atoms with Gasteiger partial charge in [-0.2, -0.15) is 0 Å². The summed E-state index contributed by atoms with van der Waals surface area (Å²) < 4.78 is 83.2. The van der Waals surface area contributed by atoms with Gasteiger partial charge in [0.15, 0.2) is 0 Å². The van der Waals surface area contributed by atoms with Crippen LogP contribution in [-0.4, -0.2) is 63.8 Å². The minimum atomic E-state index is -5.05. The number of hydrogen-bond donors (Lipinski definition) is 0. The third kappa shape index (κ3) is 6.33. The number of pyridine rings is 1. The molecule has 1 saturated heterocycles. The lowest BCUT2D eigenvalue weighted by Gasteiger charge is -2.36. The Balaban J connectivity index is 1.45. The van der Waals surface area contributed by atoms with Crippen LogP contribution in [0.4, 0.5) is 18.9 Å². The summed E-state index contributed by atoms with van der Waals surface area (Å²) >= 11 is 6.48. The van der Waals surface area contributed by atoms with Crippen LogP contribution in [0.15, 0.2) is 90.1 Å². The van der Waals surface area contributed by atoms with Crippen LogP contribution in [0.1, 0.15) is 41.9 Å². The number of halogens is 4. The third-order valence-corrected chi connectivity index (χ3v) is 11.1. The number of hydrogen-bond acceptors (Lipinski definition) is 8. The predicted molar refractivity (Wildman–Crippen MR) is 177 cm³/mol. The fourth-order valence-corrected chi connectivity index (χ4v) is 8.58. The molecule has 10 nitrogen and oxygen atoms in total. The van der Waals surface area contributed by atoms with E-state index < -0.39 is 56.4 Å². The van der Waals surface area contributed by atoms with Crippen molar-refractivity contribution in [1.82, 2.24) is 9.88 Å². The van der Waals surface area contributed by atoms with Crippen molar-refractivity contribution in [3.05, 3.63) is 107 Å². The molecule has 0 spiro atoms. The Morgan fingerprint density at radius 3 is 2.28 bits per heavy atom. The standard InChI is InChI=1S/C35H31ClF3N3O7S/c1-47-29-6-4-3-5-26(29)34(21-32(43)41-17-13-23(14-18-41)22-11-15-40-16-12-22)27-19-24(36)7-9-28(27)42(33(34)44)50(45,46)31-10-8-25(20-30(31)48-2)49-35(37,38)39/h3-12,15-16,19-20,23H,13-14,17-18,21H2,1-2H3. The predicted octanol–water partition coefficient (Wildman–Crippen LogP) is 6.47. The average Bonchev–Trinajstić information content (AvgIpc) is 3.35. The SMILES string of the molecule is COc1ccccc1C1(CC(=O)N2CCC(c3ccncc3)CC2)C(=O)N(S(=O)(=O)c2ccc(OC(F)(F)F)cc2OC)c2ccc(Cl)cc21. The van der Waals surface area contributed by atoms with E-state index in [2.05, 4.69) is 9.72 Å². The number of methoxy groups -OCH3 is 2. The Labute approximate surface area is 291 Å². The number of ether oxygens (including phenoxy) is 3. The van der Waals surface area contributed by atoms with Gasteiger partial charge in [-0.05, 0) is 78.4 Å². The summed E-state index contributed by atoms with van der Waals surface area (Å²) in [6, 6.07) is 17.0. The Kier molecular flexibility index (Phi) is 9.44. The van der Waals surface area contributed by atoms with Crippen molar-refractivity contribution in [2.24, 2.45) is 0 Å². The monoisotopic (exact) mass is 729 g/mol. The van der Waals surface area contributed by atoms with E-state index in [4.69, 9.17) is 21.1 Å². The number of para-hydroxylation sites is 1. The number of likely N-dealkylation sites (tertiary alicyclic amines) is 1. The number of benzene rings is 3. The van der Waals surface area contributed by atoms with Gasteiger partial charge in [0.1, 0.15) is 27.6 Å². The fourth-order valence-electron chi connectivity index (χ4n) is 6.78. The lowest BCUT2D eigenvalue weighted by molar-refractivity contribution is -0.274. The number of aromatic nitrogens is 1. The van der Waals surface area contributed by atoms with Gasteiger partial charge in [0, 0.05) is 48.6 Å². The molecule has 15 heteroatoms. The second-order valence-electron chi connectivity index (χ2n) is 11.8. The number of sulfonamides is 1. The van der Waals surface area contributed by atoms with Crippen molar-refractivity contribution >= 4 is 39.1 Å². The van der Waals surface area contributed by atoms with E-state index in [1.807, 2.05) is 12.1 Å². The summed E-state index contributed by atoms with van der Waals surface area (Å²) in [6.07, 6.45) is -0.745. The molecular weight excluding hydrogens is 699 g/mol.